The molecule has 256 valence electrons. The largest absolute Gasteiger partial charge is 0.466 e. The highest BCUT2D eigenvalue weighted by Crippen LogP contribution is 2.57. The zero-order valence-electron chi connectivity index (χ0n) is 31.4. The summed E-state index contributed by atoms with van der Waals surface area (Å²) in [5.74, 6) is 0. The lowest BCUT2D eigenvalue weighted by molar-refractivity contribution is -1.02. The van der Waals surface area contributed by atoms with Gasteiger partial charge in [-0.25, -0.2) is 0 Å². The van der Waals surface area contributed by atoms with E-state index in [0.29, 0.717) is 0 Å². The average Bonchev–Trinajstić information content (AvgIpc) is 3.85. The third-order valence-electron chi connectivity index (χ3n) is 11.6. The highest BCUT2D eigenvalue weighted by molar-refractivity contribution is 5.90. The number of anilines is 3. The van der Waals surface area contributed by atoms with Crippen molar-refractivity contribution in [2.45, 2.75) is 71.9 Å². The lowest BCUT2D eigenvalue weighted by Crippen LogP contribution is -2.75. The van der Waals surface area contributed by atoms with E-state index < -0.39 is 5.66 Å². The molecule has 0 fully saturated rings. The van der Waals surface area contributed by atoms with Gasteiger partial charge >= 0.3 is 5.66 Å². The van der Waals surface area contributed by atoms with Gasteiger partial charge in [0, 0.05) is 18.7 Å². The van der Waals surface area contributed by atoms with Crippen molar-refractivity contribution in [2.24, 2.45) is 0 Å². The average molecular weight is 680 g/mol. The Balaban J connectivity index is 1.26. The van der Waals surface area contributed by atoms with Gasteiger partial charge in [0.25, 0.3) is 0 Å². The summed E-state index contributed by atoms with van der Waals surface area (Å²) in [7, 11) is 0. The number of nitrogens with zero attached hydrogens (tertiary/aromatic N) is 5. The zero-order valence-corrected chi connectivity index (χ0v) is 31.4. The molecule has 0 N–H and O–H groups in total. The first-order chi connectivity index (χ1) is 24.9. The molecule has 10 rings (SSSR count). The van der Waals surface area contributed by atoms with Gasteiger partial charge in [-0.3, -0.25) is 0 Å². The molecule has 1 atom stereocenters. The molecular weight excluding hydrogens is 635 g/mol. The number of fused-ring (bicyclic) bond motifs is 4. The standard InChI is InChI=1S/C47H45N5/c1-30-24-31(2)52-47-43-39(48-28-35(29-49(47)48)34-22-20-33(21-23-34)32-14-10-9-11-15-32)16-12-17-40(43)50(41-18-13-19-42(44(41)47)51(30)52)38-26-36(45(3,4)5)25-37(27-38)46(6,7)8/h9-29H,1-8H3/q+2. The van der Waals surface area contributed by atoms with Gasteiger partial charge in [0.2, 0.25) is 11.9 Å². The summed E-state index contributed by atoms with van der Waals surface area (Å²) in [5.41, 5.74) is 18.1. The maximum absolute atomic E-state index is 2.55. The Kier molecular flexibility index (Phi) is 6.11. The topological polar surface area (TPSA) is 20.9 Å². The first kappa shape index (κ1) is 31.1. The number of hydrogen-bond acceptors (Lipinski definition) is 1. The molecule has 0 bridgehead atoms. The Labute approximate surface area is 306 Å². The SMILES string of the molecule is Cc1cc(C)[n+]2n1-c1cccc3c1C21c2c(cccc2-n2cc(-c4ccc(-c5ccccc5)cc4)c[n+]21)N3c1cc(C(C)(C)C)cc(C(C)(C)C)c1. The molecule has 0 radical (unpaired) electrons. The van der Waals surface area contributed by atoms with Crippen LogP contribution in [0, 0.1) is 13.8 Å². The van der Waals surface area contributed by atoms with Gasteiger partial charge < -0.3 is 4.90 Å². The van der Waals surface area contributed by atoms with E-state index in [9.17, 15) is 0 Å². The number of benzene rings is 5. The van der Waals surface area contributed by atoms with E-state index in [4.69, 9.17) is 0 Å². The zero-order chi connectivity index (χ0) is 35.9. The van der Waals surface area contributed by atoms with Crippen LogP contribution in [0.2, 0.25) is 0 Å². The van der Waals surface area contributed by atoms with Crippen LogP contribution in [-0.2, 0) is 16.5 Å². The molecule has 3 aliphatic rings. The molecule has 52 heavy (non-hydrogen) atoms. The highest BCUT2D eigenvalue weighted by Gasteiger charge is 2.74. The van der Waals surface area contributed by atoms with Crippen LogP contribution in [0.5, 0.6) is 0 Å². The van der Waals surface area contributed by atoms with Crippen LogP contribution in [0.4, 0.5) is 17.1 Å². The maximum atomic E-state index is 2.55. The van der Waals surface area contributed by atoms with Gasteiger partial charge in [0.15, 0.2) is 11.1 Å². The van der Waals surface area contributed by atoms with Gasteiger partial charge in [0.1, 0.15) is 11.4 Å². The second-order valence-electron chi connectivity index (χ2n) is 17.0. The fourth-order valence-corrected chi connectivity index (χ4v) is 9.12. The third kappa shape index (κ3) is 3.99. The van der Waals surface area contributed by atoms with Gasteiger partial charge in [-0.1, -0.05) is 114 Å². The Bertz CT molecular complexity index is 2570. The summed E-state index contributed by atoms with van der Waals surface area (Å²) in [4.78, 5) is 2.55. The van der Waals surface area contributed by atoms with Crippen molar-refractivity contribution in [1.29, 1.82) is 0 Å². The molecule has 1 unspecified atom stereocenters. The monoisotopic (exact) mass is 679 g/mol. The van der Waals surface area contributed by atoms with E-state index in [0.717, 1.165) is 0 Å². The van der Waals surface area contributed by atoms with Crippen molar-refractivity contribution in [1.82, 2.24) is 9.36 Å². The van der Waals surface area contributed by atoms with Crippen LogP contribution < -0.4 is 14.3 Å². The van der Waals surface area contributed by atoms with Crippen molar-refractivity contribution >= 4 is 17.1 Å². The summed E-state index contributed by atoms with van der Waals surface area (Å²) < 4.78 is 9.91. The summed E-state index contributed by atoms with van der Waals surface area (Å²) in [6, 6.07) is 43.0. The Morgan fingerprint density at radius 1 is 0.538 bits per heavy atom. The van der Waals surface area contributed by atoms with Gasteiger partial charge in [-0.2, -0.15) is 0 Å². The van der Waals surface area contributed by atoms with Crippen molar-refractivity contribution < 1.29 is 9.36 Å². The molecule has 5 aromatic carbocycles. The second-order valence-corrected chi connectivity index (χ2v) is 17.0. The molecule has 0 amide bonds. The highest BCUT2D eigenvalue weighted by atomic mass is 15.6. The molecule has 1 spiro atoms. The molecule has 0 saturated heterocycles. The number of aryl methyl sites for hydroxylation is 2. The van der Waals surface area contributed by atoms with Gasteiger partial charge in [0.05, 0.1) is 28.8 Å². The predicted molar refractivity (Wildman–Crippen MR) is 209 cm³/mol. The number of hydrogen-bond donors (Lipinski definition) is 0. The lowest BCUT2D eigenvalue weighted by atomic mass is 9.79. The molecule has 2 aromatic heterocycles. The molecule has 0 saturated carbocycles. The number of aromatic nitrogens is 4. The summed E-state index contributed by atoms with van der Waals surface area (Å²) in [6.07, 6.45) is 4.71. The molecule has 0 aliphatic carbocycles. The summed E-state index contributed by atoms with van der Waals surface area (Å²) >= 11 is 0. The van der Waals surface area contributed by atoms with Crippen molar-refractivity contribution in [3.05, 3.63) is 161 Å². The van der Waals surface area contributed by atoms with E-state index in [1.165, 1.54) is 84.3 Å². The number of rotatable bonds is 3. The summed E-state index contributed by atoms with van der Waals surface area (Å²) in [5, 5.41) is 0. The lowest BCUT2D eigenvalue weighted by Gasteiger charge is -2.35. The Morgan fingerprint density at radius 2 is 1.08 bits per heavy atom. The van der Waals surface area contributed by atoms with E-state index in [1.54, 1.807) is 0 Å². The first-order valence-electron chi connectivity index (χ1n) is 18.5. The van der Waals surface area contributed by atoms with Gasteiger partial charge in [-0.05, 0) is 91.3 Å². The maximum Gasteiger partial charge on any atom is 0.466 e. The fourth-order valence-electron chi connectivity index (χ4n) is 9.12. The van der Waals surface area contributed by atoms with Crippen LogP contribution in [0.3, 0.4) is 0 Å². The van der Waals surface area contributed by atoms with Crippen LogP contribution in [0.1, 0.15) is 75.2 Å². The summed E-state index contributed by atoms with van der Waals surface area (Å²) in [6.45, 7) is 18.5. The van der Waals surface area contributed by atoms with Crippen molar-refractivity contribution in [3.63, 3.8) is 0 Å². The van der Waals surface area contributed by atoms with Crippen LogP contribution in [0.15, 0.2) is 128 Å². The first-order valence-corrected chi connectivity index (χ1v) is 18.5. The van der Waals surface area contributed by atoms with E-state index in [1.807, 2.05) is 0 Å². The van der Waals surface area contributed by atoms with E-state index in [2.05, 4.69) is 207 Å². The predicted octanol–water partition coefficient (Wildman–Crippen LogP) is 10.1. The molecular formula is C47H45N5+2. The molecule has 5 heteroatoms. The minimum absolute atomic E-state index is 0.000869. The minimum Gasteiger partial charge on any atom is -0.309 e. The fraction of sp³-hybridized carbons (Fsp3) is 0.234. The minimum atomic E-state index is -0.608. The second kappa shape index (κ2) is 10.2. The van der Waals surface area contributed by atoms with Crippen LogP contribution in [0.25, 0.3) is 33.6 Å². The van der Waals surface area contributed by atoms with Crippen molar-refractivity contribution in [2.75, 3.05) is 4.90 Å². The van der Waals surface area contributed by atoms with E-state index >= 15 is 0 Å². The van der Waals surface area contributed by atoms with Crippen LogP contribution >= 0.6 is 0 Å². The van der Waals surface area contributed by atoms with E-state index in [-0.39, 0.29) is 10.8 Å². The van der Waals surface area contributed by atoms with Crippen LogP contribution in [-0.4, -0.2) is 9.36 Å². The normalized spacial score (nSPS) is 16.5. The smallest absolute Gasteiger partial charge is 0.309 e. The van der Waals surface area contributed by atoms with Gasteiger partial charge in [-0.15, -0.1) is 9.36 Å². The third-order valence-corrected chi connectivity index (χ3v) is 11.6. The molecule has 7 aromatic rings. The van der Waals surface area contributed by atoms with Crippen molar-refractivity contribution in [3.8, 4) is 33.6 Å². The Morgan fingerprint density at radius 3 is 1.69 bits per heavy atom. The molecule has 5 nitrogen and oxygen atoms in total. The molecule has 3 aliphatic heterocycles. The Hall–Kier alpha value is -5.68. The quantitative estimate of drug-likeness (QED) is 0.170. The molecule has 5 heterocycles.